The monoisotopic (exact) mass is 98.0 g/mol. The Kier molecular flexibility index (Phi) is 0.680. The minimum absolute atomic E-state index is 0.222. The van der Waals surface area contributed by atoms with Gasteiger partial charge in [0.15, 0.2) is 0 Å². The van der Waals surface area contributed by atoms with Crippen LogP contribution < -0.4 is 0 Å². The zero-order valence-electron chi connectivity index (χ0n) is 4.01. The van der Waals surface area contributed by atoms with E-state index in [0.717, 1.165) is 5.57 Å². The molecule has 0 aromatic carbocycles. The molecule has 0 saturated heterocycles. The van der Waals surface area contributed by atoms with Crippen LogP contribution in [0.3, 0.4) is 0 Å². The van der Waals surface area contributed by atoms with E-state index in [1.807, 2.05) is 6.92 Å². The molecular formula is C5H6O2. The van der Waals surface area contributed by atoms with Gasteiger partial charge in [-0.3, -0.25) is 4.79 Å². The summed E-state index contributed by atoms with van der Waals surface area (Å²) in [5, 5.41) is 8.17. The van der Waals surface area contributed by atoms with E-state index in [1.54, 1.807) is 6.08 Å². The number of carboxylic acids is 1. The molecule has 0 spiro atoms. The predicted octanol–water partition coefficient (Wildman–Crippen LogP) is 0.647. The fourth-order valence-corrected chi connectivity index (χ4v) is 0.481. The lowest BCUT2D eigenvalue weighted by Crippen LogP contribution is -1.98. The van der Waals surface area contributed by atoms with Crippen LogP contribution in [0.1, 0.15) is 6.92 Å². The quantitative estimate of drug-likeness (QED) is 0.489. The molecule has 1 rings (SSSR count). The zero-order valence-corrected chi connectivity index (χ0v) is 4.01. The molecule has 0 heterocycles. The lowest BCUT2D eigenvalue weighted by Gasteiger charge is -1.81. The highest BCUT2D eigenvalue weighted by atomic mass is 16.4. The summed E-state index contributed by atoms with van der Waals surface area (Å²) >= 11 is 0. The third kappa shape index (κ3) is 0.633. The first-order valence-corrected chi connectivity index (χ1v) is 2.13. The standard InChI is InChI=1S/C5H6O2/c1-3-2-4(3)5(6)7/h2,4H,1H3,(H,6,7). The van der Waals surface area contributed by atoms with Gasteiger partial charge in [0.25, 0.3) is 0 Å². The van der Waals surface area contributed by atoms with E-state index in [1.165, 1.54) is 0 Å². The van der Waals surface area contributed by atoms with Gasteiger partial charge < -0.3 is 5.11 Å². The van der Waals surface area contributed by atoms with Crippen LogP contribution in [0.2, 0.25) is 0 Å². The SMILES string of the molecule is CC1=CC1C(=O)O. The maximum Gasteiger partial charge on any atom is 0.314 e. The number of carbonyl (C=O) groups is 1. The molecule has 1 unspecified atom stereocenters. The molecule has 1 atom stereocenters. The van der Waals surface area contributed by atoms with Gasteiger partial charge in [0.05, 0.1) is 5.92 Å². The molecule has 0 saturated carbocycles. The molecule has 38 valence electrons. The third-order valence-electron chi connectivity index (χ3n) is 1.08. The van der Waals surface area contributed by atoms with Crippen molar-refractivity contribution in [3.05, 3.63) is 11.6 Å². The lowest BCUT2D eigenvalue weighted by molar-refractivity contribution is -0.137. The van der Waals surface area contributed by atoms with E-state index >= 15 is 0 Å². The molecule has 0 amide bonds. The predicted molar refractivity (Wildman–Crippen MR) is 24.9 cm³/mol. The molecule has 0 aliphatic heterocycles. The number of hydrogen-bond donors (Lipinski definition) is 1. The maximum atomic E-state index is 9.92. The summed E-state index contributed by atoms with van der Waals surface area (Å²) in [6.07, 6.45) is 1.72. The molecule has 0 aromatic heterocycles. The second-order valence-corrected chi connectivity index (χ2v) is 1.73. The van der Waals surface area contributed by atoms with Crippen LogP contribution in [0, 0.1) is 5.92 Å². The first kappa shape index (κ1) is 4.37. The van der Waals surface area contributed by atoms with Crippen molar-refractivity contribution in [2.75, 3.05) is 0 Å². The smallest absolute Gasteiger partial charge is 0.314 e. The first-order valence-electron chi connectivity index (χ1n) is 2.13. The number of rotatable bonds is 1. The molecule has 1 N–H and O–H groups in total. The number of carboxylic acid groups (broad SMARTS) is 1. The summed E-state index contributed by atoms with van der Waals surface area (Å²) < 4.78 is 0. The Balaban J connectivity index is 2.39. The summed E-state index contributed by atoms with van der Waals surface area (Å²) in [6.45, 7) is 1.82. The Hall–Kier alpha value is -0.790. The van der Waals surface area contributed by atoms with Crippen molar-refractivity contribution in [1.82, 2.24) is 0 Å². The average molecular weight is 98.1 g/mol. The first-order chi connectivity index (χ1) is 3.22. The molecule has 1 aliphatic rings. The van der Waals surface area contributed by atoms with Crippen LogP contribution in [-0.4, -0.2) is 11.1 Å². The van der Waals surface area contributed by atoms with E-state index in [9.17, 15) is 4.79 Å². The molecule has 0 aromatic rings. The Morgan fingerprint density at radius 2 is 2.43 bits per heavy atom. The summed E-state index contributed by atoms with van der Waals surface area (Å²) in [5.41, 5.74) is 0.979. The fourth-order valence-electron chi connectivity index (χ4n) is 0.481. The molecule has 0 bridgehead atoms. The molecule has 0 fully saturated rings. The van der Waals surface area contributed by atoms with Gasteiger partial charge in [-0.15, -0.1) is 0 Å². The Morgan fingerprint density at radius 3 is 2.43 bits per heavy atom. The summed E-state index contributed by atoms with van der Waals surface area (Å²) in [4.78, 5) is 9.92. The van der Waals surface area contributed by atoms with Gasteiger partial charge in [0, 0.05) is 0 Å². The van der Waals surface area contributed by atoms with E-state index in [0.29, 0.717) is 0 Å². The fraction of sp³-hybridized carbons (Fsp3) is 0.400. The van der Waals surface area contributed by atoms with Crippen molar-refractivity contribution in [1.29, 1.82) is 0 Å². The molecule has 1 aliphatic carbocycles. The van der Waals surface area contributed by atoms with E-state index in [-0.39, 0.29) is 5.92 Å². The van der Waals surface area contributed by atoms with Crippen LogP contribution in [-0.2, 0) is 4.79 Å². The number of aliphatic carboxylic acids is 1. The molecular weight excluding hydrogens is 92.1 g/mol. The summed E-state index contributed by atoms with van der Waals surface area (Å²) in [5.74, 6) is -0.947. The van der Waals surface area contributed by atoms with Gasteiger partial charge >= 0.3 is 5.97 Å². The highest BCUT2D eigenvalue weighted by molar-refractivity contribution is 5.80. The second-order valence-electron chi connectivity index (χ2n) is 1.73. The number of hydrogen-bond acceptors (Lipinski definition) is 1. The Labute approximate surface area is 41.5 Å². The van der Waals surface area contributed by atoms with Crippen LogP contribution in [0.15, 0.2) is 11.6 Å². The van der Waals surface area contributed by atoms with Crippen LogP contribution in [0.25, 0.3) is 0 Å². The zero-order chi connectivity index (χ0) is 5.44. The lowest BCUT2D eigenvalue weighted by atomic mass is 10.3. The Bertz CT molecular complexity index is 135. The topological polar surface area (TPSA) is 37.3 Å². The minimum atomic E-state index is -0.725. The van der Waals surface area contributed by atoms with E-state index in [2.05, 4.69) is 0 Å². The summed E-state index contributed by atoms with van der Waals surface area (Å²) in [7, 11) is 0. The van der Waals surface area contributed by atoms with Gasteiger partial charge in [0.1, 0.15) is 0 Å². The minimum Gasteiger partial charge on any atom is -0.481 e. The molecule has 0 radical (unpaired) electrons. The van der Waals surface area contributed by atoms with Gasteiger partial charge in [0.2, 0.25) is 0 Å². The van der Waals surface area contributed by atoms with Crippen molar-refractivity contribution in [2.45, 2.75) is 6.92 Å². The third-order valence-corrected chi connectivity index (χ3v) is 1.08. The highest BCUT2D eigenvalue weighted by Crippen LogP contribution is 2.27. The largest absolute Gasteiger partial charge is 0.481 e. The average Bonchev–Trinajstić information content (AvgIpc) is 2.17. The van der Waals surface area contributed by atoms with Crippen molar-refractivity contribution in [3.63, 3.8) is 0 Å². The summed E-state index contributed by atoms with van der Waals surface area (Å²) in [6, 6.07) is 0. The molecule has 7 heavy (non-hydrogen) atoms. The Morgan fingerprint density at radius 1 is 2.00 bits per heavy atom. The van der Waals surface area contributed by atoms with Gasteiger partial charge in [-0.2, -0.15) is 0 Å². The van der Waals surface area contributed by atoms with E-state index in [4.69, 9.17) is 5.11 Å². The van der Waals surface area contributed by atoms with E-state index < -0.39 is 5.97 Å². The van der Waals surface area contributed by atoms with Gasteiger partial charge in [-0.1, -0.05) is 11.6 Å². The van der Waals surface area contributed by atoms with Crippen LogP contribution in [0.4, 0.5) is 0 Å². The van der Waals surface area contributed by atoms with Crippen LogP contribution in [0.5, 0.6) is 0 Å². The van der Waals surface area contributed by atoms with Crippen molar-refractivity contribution in [2.24, 2.45) is 5.92 Å². The van der Waals surface area contributed by atoms with Crippen molar-refractivity contribution in [3.8, 4) is 0 Å². The molecule has 2 heteroatoms. The van der Waals surface area contributed by atoms with Gasteiger partial charge in [-0.25, -0.2) is 0 Å². The second kappa shape index (κ2) is 1.09. The maximum absolute atomic E-state index is 9.92. The van der Waals surface area contributed by atoms with Crippen molar-refractivity contribution >= 4 is 5.97 Å². The molecule has 2 nitrogen and oxygen atoms in total. The van der Waals surface area contributed by atoms with Crippen molar-refractivity contribution < 1.29 is 9.90 Å². The van der Waals surface area contributed by atoms with Gasteiger partial charge in [-0.05, 0) is 6.92 Å². The highest BCUT2D eigenvalue weighted by Gasteiger charge is 2.27. The normalized spacial score (nSPS) is 26.4. The van der Waals surface area contributed by atoms with Crippen LogP contribution >= 0.6 is 0 Å².